The van der Waals surface area contributed by atoms with Crippen molar-refractivity contribution in [1.29, 1.82) is 0 Å². The third-order valence-electron chi connectivity index (χ3n) is 4.64. The van der Waals surface area contributed by atoms with Crippen molar-refractivity contribution in [1.82, 2.24) is 0 Å². The molecule has 1 aromatic carbocycles. The minimum atomic E-state index is -0.727. The van der Waals surface area contributed by atoms with E-state index in [9.17, 15) is 19.7 Å². The number of benzene rings is 1. The number of ether oxygens (including phenoxy) is 1. The van der Waals surface area contributed by atoms with Gasteiger partial charge in [-0.2, -0.15) is 0 Å². The lowest BCUT2D eigenvalue weighted by atomic mass is 9.91. The lowest BCUT2D eigenvalue weighted by molar-refractivity contribution is -0.384. The molecular weight excluding hydrogens is 392 g/mol. The number of anilines is 1. The fourth-order valence-corrected chi connectivity index (χ4v) is 4.20. The summed E-state index contributed by atoms with van der Waals surface area (Å²) in [6, 6.07) is 6.23. The van der Waals surface area contributed by atoms with E-state index < -0.39 is 10.9 Å². The minimum Gasteiger partial charge on any atom is -0.465 e. The Hall–Kier alpha value is -2.45. The van der Waals surface area contributed by atoms with Crippen LogP contribution in [0.2, 0.25) is 5.02 Å². The van der Waals surface area contributed by atoms with Crippen LogP contribution in [0, 0.1) is 16.0 Å². The Morgan fingerprint density at radius 2 is 2.04 bits per heavy atom. The highest BCUT2D eigenvalue weighted by Crippen LogP contribution is 2.37. The van der Waals surface area contributed by atoms with Gasteiger partial charge >= 0.3 is 5.97 Å². The molecule has 2 heterocycles. The van der Waals surface area contributed by atoms with Gasteiger partial charge in [0.25, 0.3) is 5.69 Å². The van der Waals surface area contributed by atoms with Gasteiger partial charge in [0.05, 0.1) is 27.5 Å². The van der Waals surface area contributed by atoms with Crippen molar-refractivity contribution in [2.24, 2.45) is 5.92 Å². The van der Waals surface area contributed by atoms with Crippen molar-refractivity contribution in [3.8, 4) is 0 Å². The smallest absolute Gasteiger partial charge is 0.339 e. The van der Waals surface area contributed by atoms with E-state index in [1.165, 1.54) is 24.5 Å². The first-order valence-corrected chi connectivity index (χ1v) is 9.57. The molecule has 0 N–H and O–H groups in total. The number of hydrogen-bond donors (Lipinski definition) is 0. The number of nitro groups is 1. The molecule has 0 saturated carbocycles. The number of carbonyl (C=O) groups is 2. The lowest BCUT2D eigenvalue weighted by Crippen LogP contribution is -2.36. The van der Waals surface area contributed by atoms with E-state index in [1.807, 2.05) is 22.4 Å². The van der Waals surface area contributed by atoms with Gasteiger partial charge < -0.3 is 9.64 Å². The van der Waals surface area contributed by atoms with Crippen LogP contribution in [-0.4, -0.2) is 36.9 Å². The number of Topliss-reactive ketones (excluding diaryl/α,β-unsaturated/α-hetero) is 1. The van der Waals surface area contributed by atoms with Gasteiger partial charge in [-0.1, -0.05) is 17.7 Å². The number of esters is 1. The van der Waals surface area contributed by atoms with Crippen LogP contribution in [-0.2, 0) is 4.74 Å². The van der Waals surface area contributed by atoms with Crippen molar-refractivity contribution in [3.63, 3.8) is 0 Å². The number of nitrogens with zero attached hydrogens (tertiary/aromatic N) is 2. The molecule has 3 rings (SSSR count). The number of piperidine rings is 1. The number of rotatable bonds is 5. The molecule has 1 aliphatic rings. The third-order valence-corrected chi connectivity index (χ3v) is 5.83. The number of methoxy groups -OCH3 is 1. The maximum atomic E-state index is 12.5. The number of nitro benzene ring substituents is 1. The standard InChI is InChI=1S/C18H17ClN2O5S/c1-26-18(23)12-9-15(21(24)25)14(10-13(12)19)20-6-4-11(5-7-20)17(22)16-3-2-8-27-16/h2-3,8-11H,4-7H2,1H3. The van der Waals surface area contributed by atoms with Crippen LogP contribution in [0.5, 0.6) is 0 Å². The Labute approximate surface area is 164 Å². The summed E-state index contributed by atoms with van der Waals surface area (Å²) in [4.78, 5) is 37.8. The largest absolute Gasteiger partial charge is 0.465 e. The summed E-state index contributed by atoms with van der Waals surface area (Å²) in [6.45, 7) is 0.993. The van der Waals surface area contributed by atoms with Gasteiger partial charge in [-0.15, -0.1) is 11.3 Å². The average Bonchev–Trinajstić information content (AvgIpc) is 3.21. The molecule has 27 heavy (non-hydrogen) atoms. The second-order valence-electron chi connectivity index (χ2n) is 6.17. The normalized spacial score (nSPS) is 14.8. The zero-order valence-corrected chi connectivity index (χ0v) is 16.1. The first-order valence-electron chi connectivity index (χ1n) is 8.31. The third kappa shape index (κ3) is 3.96. The van der Waals surface area contributed by atoms with Crippen molar-refractivity contribution < 1.29 is 19.2 Å². The van der Waals surface area contributed by atoms with Gasteiger partial charge in [-0.05, 0) is 30.4 Å². The van der Waals surface area contributed by atoms with Crippen LogP contribution in [0.4, 0.5) is 11.4 Å². The molecule has 7 nitrogen and oxygen atoms in total. The molecule has 9 heteroatoms. The van der Waals surface area contributed by atoms with Crippen LogP contribution in [0.3, 0.4) is 0 Å². The van der Waals surface area contributed by atoms with Crippen molar-refractivity contribution >= 4 is 46.1 Å². The first-order chi connectivity index (χ1) is 12.9. The van der Waals surface area contributed by atoms with Crippen LogP contribution < -0.4 is 4.90 Å². The molecule has 1 saturated heterocycles. The van der Waals surface area contributed by atoms with E-state index in [4.69, 9.17) is 11.6 Å². The van der Waals surface area contributed by atoms with Gasteiger partial charge in [0, 0.05) is 25.1 Å². The quantitative estimate of drug-likeness (QED) is 0.319. The highest BCUT2D eigenvalue weighted by atomic mass is 35.5. The number of carbonyl (C=O) groups excluding carboxylic acids is 2. The monoisotopic (exact) mass is 408 g/mol. The van der Waals surface area contributed by atoms with Crippen molar-refractivity contribution in [2.45, 2.75) is 12.8 Å². The molecule has 1 aliphatic heterocycles. The summed E-state index contributed by atoms with van der Waals surface area (Å²) < 4.78 is 4.62. The van der Waals surface area contributed by atoms with Crippen molar-refractivity contribution in [2.75, 3.05) is 25.1 Å². The minimum absolute atomic E-state index is 0.0441. The predicted octanol–water partition coefficient (Wildman–Crippen LogP) is 4.20. The average molecular weight is 409 g/mol. The Bertz CT molecular complexity index is 876. The lowest BCUT2D eigenvalue weighted by Gasteiger charge is -2.32. The van der Waals surface area contributed by atoms with E-state index in [2.05, 4.69) is 4.74 Å². The summed E-state index contributed by atoms with van der Waals surface area (Å²) in [7, 11) is 1.19. The maximum absolute atomic E-state index is 12.5. The fraction of sp³-hybridized carbons (Fsp3) is 0.333. The molecule has 2 aromatic rings. The van der Waals surface area contributed by atoms with Gasteiger partial charge in [-0.25, -0.2) is 4.79 Å². The number of thiophene rings is 1. The summed E-state index contributed by atoms with van der Waals surface area (Å²) >= 11 is 7.57. The molecule has 0 unspecified atom stereocenters. The van der Waals surface area contributed by atoms with Crippen LogP contribution in [0.15, 0.2) is 29.6 Å². The molecule has 0 bridgehead atoms. The van der Waals surface area contributed by atoms with Crippen molar-refractivity contribution in [3.05, 3.63) is 55.2 Å². The zero-order valence-electron chi connectivity index (χ0n) is 14.5. The number of hydrogen-bond acceptors (Lipinski definition) is 7. The highest BCUT2D eigenvalue weighted by molar-refractivity contribution is 7.12. The van der Waals surface area contributed by atoms with Gasteiger partial charge in [-0.3, -0.25) is 14.9 Å². The maximum Gasteiger partial charge on any atom is 0.339 e. The Morgan fingerprint density at radius 3 is 2.59 bits per heavy atom. The van der Waals surface area contributed by atoms with E-state index in [0.29, 0.717) is 31.6 Å². The summed E-state index contributed by atoms with van der Waals surface area (Å²) in [6.07, 6.45) is 1.20. The molecule has 1 fully saturated rings. The van der Waals surface area contributed by atoms with Gasteiger partial charge in [0.15, 0.2) is 5.78 Å². The number of ketones is 1. The molecule has 0 spiro atoms. The molecule has 142 valence electrons. The van der Waals surface area contributed by atoms with Crippen LogP contribution in [0.1, 0.15) is 32.9 Å². The Balaban J connectivity index is 1.81. The first kappa shape index (κ1) is 19.3. The predicted molar refractivity (Wildman–Crippen MR) is 103 cm³/mol. The Morgan fingerprint density at radius 1 is 1.33 bits per heavy atom. The molecular formula is C18H17ClN2O5S. The number of halogens is 1. The van der Waals surface area contributed by atoms with Gasteiger partial charge in [0.2, 0.25) is 0 Å². The highest BCUT2D eigenvalue weighted by Gasteiger charge is 2.30. The van der Waals surface area contributed by atoms with E-state index in [-0.39, 0.29) is 28.0 Å². The molecule has 0 amide bonds. The van der Waals surface area contributed by atoms with E-state index in [1.54, 1.807) is 0 Å². The molecule has 0 atom stereocenters. The molecule has 1 aromatic heterocycles. The van der Waals surface area contributed by atoms with Crippen LogP contribution in [0.25, 0.3) is 0 Å². The summed E-state index contributed by atoms with van der Waals surface area (Å²) in [5, 5.41) is 13.5. The van der Waals surface area contributed by atoms with E-state index in [0.717, 1.165) is 10.9 Å². The SMILES string of the molecule is COC(=O)c1cc([N+](=O)[O-])c(N2CCC(C(=O)c3cccs3)CC2)cc1Cl. The fourth-order valence-electron chi connectivity index (χ4n) is 3.22. The topological polar surface area (TPSA) is 89.8 Å². The summed E-state index contributed by atoms with van der Waals surface area (Å²) in [5.41, 5.74) is 0.0971. The van der Waals surface area contributed by atoms with Gasteiger partial charge in [0.1, 0.15) is 5.69 Å². The zero-order chi connectivity index (χ0) is 19.6. The Kier molecular flexibility index (Phi) is 5.76. The second-order valence-corrected chi connectivity index (χ2v) is 7.53. The second kappa shape index (κ2) is 8.06. The summed E-state index contributed by atoms with van der Waals surface area (Å²) in [5.74, 6) is -0.697. The molecule has 0 aliphatic carbocycles. The van der Waals surface area contributed by atoms with Crippen LogP contribution >= 0.6 is 22.9 Å². The van der Waals surface area contributed by atoms with E-state index >= 15 is 0 Å². The molecule has 0 radical (unpaired) electrons.